The fourth-order valence-electron chi connectivity index (χ4n) is 1.69. The lowest BCUT2D eigenvalue weighted by Crippen LogP contribution is -2.29. The summed E-state index contributed by atoms with van der Waals surface area (Å²) in [5.74, 6) is 0.404. The maximum Gasteiger partial charge on any atom is 0.273 e. The molecule has 0 radical (unpaired) electrons. The molecule has 0 spiro atoms. The van der Waals surface area contributed by atoms with Gasteiger partial charge >= 0.3 is 0 Å². The van der Waals surface area contributed by atoms with Gasteiger partial charge in [-0.3, -0.25) is 4.57 Å². The van der Waals surface area contributed by atoms with Gasteiger partial charge in [0.05, 0.1) is 5.01 Å². The van der Waals surface area contributed by atoms with Crippen LogP contribution in [0.4, 0.5) is 0 Å². The minimum Gasteiger partial charge on any atom is -0.290 e. The van der Waals surface area contributed by atoms with Gasteiger partial charge in [0, 0.05) is 10.9 Å². The van der Waals surface area contributed by atoms with Crippen LogP contribution in [0.25, 0.3) is 11.5 Å². The van der Waals surface area contributed by atoms with Crippen molar-refractivity contribution in [1.29, 1.82) is 0 Å². The minimum absolute atomic E-state index is 0.249. The van der Waals surface area contributed by atoms with Gasteiger partial charge in [-0.1, -0.05) is 0 Å². The molecule has 0 aromatic carbocycles. The summed E-state index contributed by atoms with van der Waals surface area (Å²) in [6, 6.07) is 0. The minimum atomic E-state index is -3.93. The first-order chi connectivity index (χ1) is 8.60. The Hall–Kier alpha value is -1.32. The summed E-state index contributed by atoms with van der Waals surface area (Å²) in [4.78, 5) is 4.31. The lowest BCUT2D eigenvalue weighted by Gasteiger charge is -2.23. The van der Waals surface area contributed by atoms with Crippen LogP contribution in [0.2, 0.25) is 0 Å². The van der Waals surface area contributed by atoms with Crippen molar-refractivity contribution in [3.63, 3.8) is 0 Å². The number of sulfonamides is 1. The van der Waals surface area contributed by atoms with E-state index in [1.165, 1.54) is 15.9 Å². The van der Waals surface area contributed by atoms with Gasteiger partial charge in [0.1, 0.15) is 5.69 Å². The number of aryl methyl sites for hydroxylation is 1. The molecule has 2 aromatic heterocycles. The number of nitrogens with two attached hydrogens (primary N) is 1. The molecule has 0 aliphatic heterocycles. The van der Waals surface area contributed by atoms with Crippen molar-refractivity contribution < 1.29 is 8.42 Å². The third kappa shape index (κ3) is 2.67. The fourth-order valence-corrected chi connectivity index (χ4v) is 3.05. The highest BCUT2D eigenvalue weighted by atomic mass is 32.2. The molecular weight excluding hydrogens is 286 g/mol. The van der Waals surface area contributed by atoms with E-state index < -0.39 is 15.6 Å². The number of primary sulfonamides is 1. The van der Waals surface area contributed by atoms with E-state index in [0.717, 1.165) is 5.01 Å². The molecule has 2 heterocycles. The molecule has 0 amide bonds. The van der Waals surface area contributed by atoms with Crippen LogP contribution in [0, 0.1) is 6.92 Å². The zero-order valence-electron chi connectivity index (χ0n) is 11.1. The smallest absolute Gasteiger partial charge is 0.273 e. The van der Waals surface area contributed by atoms with Crippen LogP contribution in [0.15, 0.2) is 10.5 Å². The van der Waals surface area contributed by atoms with Gasteiger partial charge in [-0.25, -0.2) is 18.5 Å². The summed E-state index contributed by atoms with van der Waals surface area (Å²) >= 11 is 1.46. The molecule has 0 fully saturated rings. The molecule has 0 aliphatic carbocycles. The molecule has 2 N–H and O–H groups in total. The summed E-state index contributed by atoms with van der Waals surface area (Å²) < 4.78 is 24.7. The molecule has 2 aromatic rings. The Labute approximate surface area is 115 Å². The van der Waals surface area contributed by atoms with E-state index in [4.69, 9.17) is 5.14 Å². The van der Waals surface area contributed by atoms with Crippen molar-refractivity contribution in [2.24, 2.45) is 5.14 Å². The average molecular weight is 301 g/mol. The maximum absolute atomic E-state index is 11.6. The van der Waals surface area contributed by atoms with E-state index in [1.54, 1.807) is 0 Å². The Balaban J connectivity index is 2.74. The van der Waals surface area contributed by atoms with Crippen molar-refractivity contribution in [1.82, 2.24) is 19.7 Å². The predicted molar refractivity (Wildman–Crippen MR) is 72.2 cm³/mol. The van der Waals surface area contributed by atoms with Crippen LogP contribution in [0.1, 0.15) is 25.8 Å². The molecule has 104 valence electrons. The largest absolute Gasteiger partial charge is 0.290 e. The Kier molecular flexibility index (Phi) is 3.23. The Morgan fingerprint density at radius 1 is 1.32 bits per heavy atom. The van der Waals surface area contributed by atoms with Gasteiger partial charge in [-0.15, -0.1) is 21.5 Å². The number of aromatic nitrogens is 4. The van der Waals surface area contributed by atoms with E-state index >= 15 is 0 Å². The van der Waals surface area contributed by atoms with Gasteiger partial charge in [-0.2, -0.15) is 0 Å². The quantitative estimate of drug-likeness (QED) is 0.895. The SMILES string of the molecule is Cc1nc(-c2nnc(S(N)(=O)=O)n2C(C)(C)C)cs1. The van der Waals surface area contributed by atoms with Crippen molar-refractivity contribution in [2.75, 3.05) is 0 Å². The summed E-state index contributed by atoms with van der Waals surface area (Å²) in [5.41, 5.74) is 0.0674. The summed E-state index contributed by atoms with van der Waals surface area (Å²) in [5, 5.41) is 15.3. The molecule has 2 rings (SSSR count). The zero-order valence-corrected chi connectivity index (χ0v) is 12.7. The predicted octanol–water partition coefficient (Wildman–Crippen LogP) is 1.11. The van der Waals surface area contributed by atoms with Gasteiger partial charge in [0.2, 0.25) is 0 Å². The van der Waals surface area contributed by atoms with Crippen molar-refractivity contribution in [3.8, 4) is 11.5 Å². The first-order valence-electron chi connectivity index (χ1n) is 5.52. The van der Waals surface area contributed by atoms with Gasteiger partial charge in [-0.05, 0) is 27.7 Å². The van der Waals surface area contributed by atoms with E-state index in [1.807, 2.05) is 33.1 Å². The van der Waals surface area contributed by atoms with Crippen molar-refractivity contribution in [2.45, 2.75) is 38.4 Å². The van der Waals surface area contributed by atoms with Crippen LogP contribution in [0.3, 0.4) is 0 Å². The standard InChI is InChI=1S/C10H15N5O2S2/c1-6-12-7(5-18-6)8-13-14-9(19(11,16)17)15(8)10(2,3)4/h5H,1-4H3,(H2,11,16,17). The monoisotopic (exact) mass is 301 g/mol. The molecule has 0 saturated heterocycles. The number of hydrogen-bond donors (Lipinski definition) is 1. The van der Waals surface area contributed by atoms with Gasteiger partial charge in [0.25, 0.3) is 15.2 Å². The molecule has 0 atom stereocenters. The first-order valence-corrected chi connectivity index (χ1v) is 7.94. The second-order valence-corrected chi connectivity index (χ2v) is 7.63. The second kappa shape index (κ2) is 4.36. The lowest BCUT2D eigenvalue weighted by atomic mass is 10.1. The zero-order chi connectivity index (χ0) is 14.4. The third-order valence-corrected chi connectivity index (χ3v) is 3.95. The third-order valence-electron chi connectivity index (χ3n) is 2.41. The van der Waals surface area contributed by atoms with E-state index in [9.17, 15) is 8.42 Å². The van der Waals surface area contributed by atoms with Crippen molar-refractivity contribution >= 4 is 21.4 Å². The lowest BCUT2D eigenvalue weighted by molar-refractivity contribution is 0.365. The van der Waals surface area contributed by atoms with Crippen molar-refractivity contribution in [3.05, 3.63) is 10.4 Å². The van der Waals surface area contributed by atoms with Crippen LogP contribution < -0.4 is 5.14 Å². The topological polar surface area (TPSA) is 104 Å². The van der Waals surface area contributed by atoms with Crippen LogP contribution in [0.5, 0.6) is 0 Å². The molecule has 0 unspecified atom stereocenters. The molecule has 9 heteroatoms. The second-order valence-electron chi connectivity index (χ2n) is 5.11. The Morgan fingerprint density at radius 2 is 1.95 bits per heavy atom. The van der Waals surface area contributed by atoms with Crippen LogP contribution in [-0.2, 0) is 15.6 Å². The highest BCUT2D eigenvalue weighted by Crippen LogP contribution is 2.28. The Morgan fingerprint density at radius 3 is 2.37 bits per heavy atom. The van der Waals surface area contributed by atoms with E-state index in [-0.39, 0.29) is 5.16 Å². The Bertz CT molecular complexity index is 709. The summed E-state index contributed by atoms with van der Waals surface area (Å²) in [6.45, 7) is 7.43. The first kappa shape index (κ1) is 14.1. The number of rotatable bonds is 2. The van der Waals surface area contributed by atoms with Crippen LogP contribution >= 0.6 is 11.3 Å². The molecule has 0 aliphatic rings. The molecule has 0 bridgehead atoms. The number of nitrogens with zero attached hydrogens (tertiary/aromatic N) is 4. The van der Waals surface area contributed by atoms with Gasteiger partial charge < -0.3 is 0 Å². The highest BCUT2D eigenvalue weighted by Gasteiger charge is 2.30. The number of hydrogen-bond acceptors (Lipinski definition) is 6. The van der Waals surface area contributed by atoms with Gasteiger partial charge in [0.15, 0.2) is 5.82 Å². The molecular formula is C10H15N5O2S2. The maximum atomic E-state index is 11.6. The highest BCUT2D eigenvalue weighted by molar-refractivity contribution is 7.89. The fraction of sp³-hybridized carbons (Fsp3) is 0.500. The van der Waals surface area contributed by atoms with E-state index in [0.29, 0.717) is 11.5 Å². The molecule has 7 nitrogen and oxygen atoms in total. The normalized spacial score (nSPS) is 12.9. The summed E-state index contributed by atoms with van der Waals surface area (Å²) in [7, 11) is -3.93. The van der Waals surface area contributed by atoms with E-state index in [2.05, 4.69) is 15.2 Å². The number of thiazole rings is 1. The average Bonchev–Trinajstić information content (AvgIpc) is 2.79. The van der Waals surface area contributed by atoms with Crippen LogP contribution in [-0.4, -0.2) is 28.2 Å². The summed E-state index contributed by atoms with van der Waals surface area (Å²) in [6.07, 6.45) is 0. The molecule has 19 heavy (non-hydrogen) atoms. The molecule has 0 saturated carbocycles.